The van der Waals surface area contributed by atoms with E-state index in [1.165, 1.54) is 0 Å². The number of rotatable bonds is 5. The first-order chi connectivity index (χ1) is 6.90. The van der Waals surface area contributed by atoms with Crippen LogP contribution in [0.15, 0.2) is 12.2 Å². The van der Waals surface area contributed by atoms with Gasteiger partial charge in [0, 0.05) is 6.61 Å². The molecule has 0 rings (SSSR count). The second-order valence-corrected chi connectivity index (χ2v) is 5.27. The Kier molecular flexibility index (Phi) is 13.4. The normalized spacial score (nSPS) is 13.1. The van der Waals surface area contributed by atoms with Gasteiger partial charge in [-0.1, -0.05) is 53.7 Å². The summed E-state index contributed by atoms with van der Waals surface area (Å²) in [6.45, 7) is 13.2. The van der Waals surface area contributed by atoms with Gasteiger partial charge in [-0.15, -0.1) is 0 Å². The van der Waals surface area contributed by atoms with Crippen LogP contribution in [0.2, 0.25) is 0 Å². The van der Waals surface area contributed by atoms with Gasteiger partial charge in [-0.05, 0) is 30.6 Å². The topological polar surface area (TPSA) is 20.2 Å². The summed E-state index contributed by atoms with van der Waals surface area (Å²) in [5, 5.41) is 8.72. The first-order valence-corrected chi connectivity index (χ1v) is 6.17. The third-order valence-electron chi connectivity index (χ3n) is 1.66. The van der Waals surface area contributed by atoms with Crippen LogP contribution < -0.4 is 0 Å². The average molecular weight is 214 g/mol. The van der Waals surface area contributed by atoms with Crippen LogP contribution in [0.4, 0.5) is 0 Å². The number of hydrogen-bond acceptors (Lipinski definition) is 1. The number of hydrogen-bond donors (Lipinski definition) is 1. The fourth-order valence-electron chi connectivity index (χ4n) is 0.840. The van der Waals surface area contributed by atoms with Gasteiger partial charge in [-0.2, -0.15) is 0 Å². The van der Waals surface area contributed by atoms with Crippen molar-refractivity contribution in [1.29, 1.82) is 0 Å². The largest absolute Gasteiger partial charge is 0.396 e. The van der Waals surface area contributed by atoms with Gasteiger partial charge >= 0.3 is 0 Å². The zero-order valence-corrected chi connectivity index (χ0v) is 11.5. The summed E-state index contributed by atoms with van der Waals surface area (Å²) in [6.07, 6.45) is 6.61. The lowest BCUT2D eigenvalue weighted by Gasteiger charge is -2.03. The Labute approximate surface area is 96.6 Å². The minimum absolute atomic E-state index is 0.315. The Morgan fingerprint density at radius 2 is 1.47 bits per heavy atom. The molecule has 0 aliphatic rings. The van der Waals surface area contributed by atoms with Crippen molar-refractivity contribution in [3.8, 4) is 0 Å². The molecule has 0 aliphatic carbocycles. The molecule has 0 unspecified atom stereocenters. The maximum atomic E-state index is 8.72. The maximum Gasteiger partial charge on any atom is 0.0456 e. The van der Waals surface area contributed by atoms with Crippen molar-refractivity contribution >= 4 is 0 Å². The highest BCUT2D eigenvalue weighted by molar-refractivity contribution is 4.84. The zero-order chi connectivity index (χ0) is 12.3. The van der Waals surface area contributed by atoms with Crippen molar-refractivity contribution in [3.05, 3.63) is 12.2 Å². The Morgan fingerprint density at radius 3 is 1.80 bits per heavy atom. The van der Waals surface area contributed by atoms with Crippen LogP contribution in [0, 0.1) is 17.8 Å². The third kappa shape index (κ3) is 24.8. The second-order valence-electron chi connectivity index (χ2n) is 5.27. The highest BCUT2D eigenvalue weighted by Gasteiger charge is 1.96. The molecule has 0 aromatic heterocycles. The van der Waals surface area contributed by atoms with Crippen LogP contribution in [0.25, 0.3) is 0 Å². The minimum Gasteiger partial charge on any atom is -0.396 e. The quantitative estimate of drug-likeness (QED) is 0.678. The summed E-state index contributed by atoms with van der Waals surface area (Å²) in [4.78, 5) is 0. The lowest BCUT2D eigenvalue weighted by Crippen LogP contribution is -1.98. The third-order valence-corrected chi connectivity index (χ3v) is 1.66. The van der Waals surface area contributed by atoms with Crippen LogP contribution in [-0.2, 0) is 0 Å². The summed E-state index contributed by atoms with van der Waals surface area (Å²) < 4.78 is 0. The molecule has 1 heteroatoms. The molecule has 1 N–H and O–H groups in total. The van der Waals surface area contributed by atoms with E-state index < -0.39 is 0 Å². The van der Waals surface area contributed by atoms with E-state index in [1.807, 2.05) is 0 Å². The maximum absolute atomic E-state index is 8.72. The standard InChI is InChI=1S/C10H20O.C4H10/c1-9(2)6-4-5-7-10(3)8-11;1-4(2)3/h4,6,9-11H,5,7-8H2,1-3H3;4H,1-3H3/b6-4+;/t10-;/m1./s1. The molecule has 1 nitrogen and oxygen atoms in total. The first kappa shape index (κ1) is 17.1. The zero-order valence-electron chi connectivity index (χ0n) is 11.5. The fourth-order valence-corrected chi connectivity index (χ4v) is 0.840. The Hall–Kier alpha value is -0.300. The van der Waals surface area contributed by atoms with Crippen LogP contribution in [0.5, 0.6) is 0 Å². The molecule has 0 amide bonds. The Balaban J connectivity index is 0. The van der Waals surface area contributed by atoms with E-state index >= 15 is 0 Å². The summed E-state index contributed by atoms with van der Waals surface area (Å²) >= 11 is 0. The van der Waals surface area contributed by atoms with E-state index in [4.69, 9.17) is 5.11 Å². The van der Waals surface area contributed by atoms with E-state index in [-0.39, 0.29) is 0 Å². The molecule has 0 saturated heterocycles. The molecular weight excluding hydrogens is 184 g/mol. The molecule has 0 bridgehead atoms. The van der Waals surface area contributed by atoms with Crippen molar-refractivity contribution in [3.63, 3.8) is 0 Å². The van der Waals surface area contributed by atoms with Crippen LogP contribution in [0.1, 0.15) is 54.4 Å². The predicted molar refractivity (Wildman–Crippen MR) is 70.0 cm³/mol. The van der Waals surface area contributed by atoms with Gasteiger partial charge in [-0.3, -0.25) is 0 Å². The predicted octanol–water partition coefficient (Wildman–Crippen LogP) is 4.27. The van der Waals surface area contributed by atoms with Crippen molar-refractivity contribution in [1.82, 2.24) is 0 Å². The number of aliphatic hydroxyl groups is 1. The average Bonchev–Trinajstić information content (AvgIpc) is 2.10. The summed E-state index contributed by atoms with van der Waals surface area (Å²) in [6, 6.07) is 0. The van der Waals surface area contributed by atoms with Gasteiger partial charge in [0.25, 0.3) is 0 Å². The van der Waals surface area contributed by atoms with Gasteiger partial charge in [0.15, 0.2) is 0 Å². The molecule has 0 fully saturated rings. The monoisotopic (exact) mass is 214 g/mol. The summed E-state index contributed by atoms with van der Waals surface area (Å²) in [7, 11) is 0. The smallest absolute Gasteiger partial charge is 0.0456 e. The Morgan fingerprint density at radius 1 is 1.00 bits per heavy atom. The van der Waals surface area contributed by atoms with E-state index in [0.717, 1.165) is 18.8 Å². The van der Waals surface area contributed by atoms with Gasteiger partial charge < -0.3 is 5.11 Å². The molecule has 0 radical (unpaired) electrons. The minimum atomic E-state index is 0.315. The SMILES string of the molecule is CC(C)/C=C/CC[C@@H](C)CO.CC(C)C. The molecule has 0 aromatic carbocycles. The first-order valence-electron chi connectivity index (χ1n) is 6.17. The Bertz CT molecular complexity index is 134. The van der Waals surface area contributed by atoms with Crippen LogP contribution >= 0.6 is 0 Å². The molecule has 92 valence electrons. The van der Waals surface area contributed by atoms with Crippen LogP contribution in [0.3, 0.4) is 0 Å². The van der Waals surface area contributed by atoms with E-state index in [1.54, 1.807) is 0 Å². The van der Waals surface area contributed by atoms with E-state index in [2.05, 4.69) is 53.7 Å². The van der Waals surface area contributed by atoms with Gasteiger partial charge in [0.05, 0.1) is 0 Å². The van der Waals surface area contributed by atoms with Crippen molar-refractivity contribution in [2.24, 2.45) is 17.8 Å². The van der Waals surface area contributed by atoms with Crippen molar-refractivity contribution < 1.29 is 5.11 Å². The molecule has 0 heterocycles. The molecule has 15 heavy (non-hydrogen) atoms. The highest BCUT2D eigenvalue weighted by atomic mass is 16.3. The highest BCUT2D eigenvalue weighted by Crippen LogP contribution is 2.05. The molecule has 1 atom stereocenters. The van der Waals surface area contributed by atoms with Crippen molar-refractivity contribution in [2.45, 2.75) is 54.4 Å². The second kappa shape index (κ2) is 11.8. The summed E-state index contributed by atoms with van der Waals surface area (Å²) in [5.74, 6) is 1.94. The van der Waals surface area contributed by atoms with Crippen LogP contribution in [-0.4, -0.2) is 11.7 Å². The molecule has 0 aliphatic heterocycles. The molecule has 0 spiro atoms. The summed E-state index contributed by atoms with van der Waals surface area (Å²) in [5.41, 5.74) is 0. The molecule has 0 saturated carbocycles. The van der Waals surface area contributed by atoms with E-state index in [9.17, 15) is 0 Å². The van der Waals surface area contributed by atoms with Crippen molar-refractivity contribution in [2.75, 3.05) is 6.61 Å². The fraction of sp³-hybridized carbons (Fsp3) is 0.857. The lowest BCUT2D eigenvalue weighted by molar-refractivity contribution is 0.231. The molecule has 0 aromatic rings. The van der Waals surface area contributed by atoms with Gasteiger partial charge in [-0.25, -0.2) is 0 Å². The number of aliphatic hydroxyl groups excluding tert-OH is 1. The van der Waals surface area contributed by atoms with Gasteiger partial charge in [0.1, 0.15) is 0 Å². The van der Waals surface area contributed by atoms with Gasteiger partial charge in [0.2, 0.25) is 0 Å². The lowest BCUT2D eigenvalue weighted by atomic mass is 10.1. The van der Waals surface area contributed by atoms with E-state index in [0.29, 0.717) is 18.4 Å². The number of allylic oxidation sites excluding steroid dienone is 2. The molecular formula is C14H30O.